The summed E-state index contributed by atoms with van der Waals surface area (Å²) < 4.78 is 0. The van der Waals surface area contributed by atoms with Gasteiger partial charge in [-0.15, -0.1) is 0 Å². The van der Waals surface area contributed by atoms with E-state index in [4.69, 9.17) is 5.11 Å². The van der Waals surface area contributed by atoms with Crippen LogP contribution < -0.4 is 0 Å². The maximum Gasteiger partial charge on any atom is 0.310 e. The Hall–Kier alpha value is -1.06. The van der Waals surface area contributed by atoms with Crippen molar-refractivity contribution >= 4 is 11.9 Å². The number of hydrogen-bond acceptors (Lipinski definition) is 2. The molecular formula is C13H24O4. The number of carboxylic acid groups (broad SMARTS) is 2. The summed E-state index contributed by atoms with van der Waals surface area (Å²) in [7, 11) is 0. The second kappa shape index (κ2) is 6.62. The van der Waals surface area contributed by atoms with Crippen LogP contribution in [-0.4, -0.2) is 22.2 Å². The van der Waals surface area contributed by atoms with E-state index >= 15 is 0 Å². The first-order valence-corrected chi connectivity index (χ1v) is 6.28. The van der Waals surface area contributed by atoms with Gasteiger partial charge in [0.25, 0.3) is 0 Å². The third kappa shape index (κ3) is 3.45. The molecule has 0 bridgehead atoms. The van der Waals surface area contributed by atoms with Crippen LogP contribution in [0.2, 0.25) is 0 Å². The summed E-state index contributed by atoms with van der Waals surface area (Å²) in [6.07, 6.45) is 1.62. The Morgan fingerprint density at radius 3 is 1.71 bits per heavy atom. The van der Waals surface area contributed by atoms with Gasteiger partial charge in [-0.05, 0) is 18.3 Å². The zero-order chi connectivity index (χ0) is 13.6. The van der Waals surface area contributed by atoms with Gasteiger partial charge < -0.3 is 10.2 Å². The van der Waals surface area contributed by atoms with Crippen LogP contribution in [0.4, 0.5) is 0 Å². The van der Waals surface area contributed by atoms with Crippen molar-refractivity contribution in [2.75, 3.05) is 0 Å². The Morgan fingerprint density at radius 1 is 1.06 bits per heavy atom. The number of aliphatic carboxylic acids is 2. The quantitative estimate of drug-likeness (QED) is 0.688. The van der Waals surface area contributed by atoms with Crippen molar-refractivity contribution in [1.82, 2.24) is 0 Å². The molecule has 0 aromatic carbocycles. The monoisotopic (exact) mass is 244 g/mol. The van der Waals surface area contributed by atoms with E-state index in [0.29, 0.717) is 0 Å². The Kier molecular flexibility index (Phi) is 6.21. The third-order valence-corrected chi connectivity index (χ3v) is 4.13. The molecule has 100 valence electrons. The van der Waals surface area contributed by atoms with Crippen LogP contribution in [0.1, 0.15) is 53.4 Å². The van der Waals surface area contributed by atoms with Gasteiger partial charge in [0.05, 0.1) is 5.41 Å². The fourth-order valence-electron chi connectivity index (χ4n) is 2.55. The lowest BCUT2D eigenvalue weighted by molar-refractivity contribution is -0.158. The summed E-state index contributed by atoms with van der Waals surface area (Å²) in [6, 6.07) is 0. The molecule has 0 aromatic heterocycles. The first-order chi connectivity index (χ1) is 7.82. The van der Waals surface area contributed by atoms with Gasteiger partial charge in [-0.2, -0.15) is 0 Å². The summed E-state index contributed by atoms with van der Waals surface area (Å²) in [5, 5.41) is 18.3. The average Bonchev–Trinajstić information content (AvgIpc) is 2.27. The molecule has 0 amide bonds. The van der Waals surface area contributed by atoms with Gasteiger partial charge in [0.2, 0.25) is 0 Å². The van der Waals surface area contributed by atoms with Crippen LogP contribution in [0.25, 0.3) is 0 Å². The Bertz CT molecular complexity index is 263. The Balaban J connectivity index is 5.24. The van der Waals surface area contributed by atoms with Gasteiger partial charge in [-0.25, -0.2) is 0 Å². The third-order valence-electron chi connectivity index (χ3n) is 4.13. The van der Waals surface area contributed by atoms with Crippen molar-refractivity contribution in [1.29, 1.82) is 0 Å². The highest BCUT2D eigenvalue weighted by Crippen LogP contribution is 2.43. The van der Waals surface area contributed by atoms with Crippen molar-refractivity contribution in [3.63, 3.8) is 0 Å². The highest BCUT2D eigenvalue weighted by Gasteiger charge is 2.46. The van der Waals surface area contributed by atoms with Gasteiger partial charge >= 0.3 is 11.9 Å². The minimum Gasteiger partial charge on any atom is -0.481 e. The maximum atomic E-state index is 11.6. The van der Waals surface area contributed by atoms with E-state index in [2.05, 4.69) is 0 Å². The van der Waals surface area contributed by atoms with Crippen molar-refractivity contribution in [2.24, 2.45) is 17.3 Å². The zero-order valence-corrected chi connectivity index (χ0v) is 11.2. The fraction of sp³-hybridized carbons (Fsp3) is 0.846. The number of hydrogen-bond donors (Lipinski definition) is 2. The zero-order valence-electron chi connectivity index (χ0n) is 11.2. The molecule has 2 atom stereocenters. The summed E-state index contributed by atoms with van der Waals surface area (Å²) in [5.74, 6) is -1.83. The molecule has 0 aliphatic carbocycles. The molecular weight excluding hydrogens is 220 g/mol. The standard InChI is InChI=1S/C13H24O4/c1-5-9(3)13(12(16)17,10(4)6-2)8-7-11(14)15/h9-10H,5-8H2,1-4H3,(H,14,15)(H,16,17). The van der Waals surface area contributed by atoms with Gasteiger partial charge in [0, 0.05) is 6.42 Å². The Morgan fingerprint density at radius 2 is 1.47 bits per heavy atom. The minimum absolute atomic E-state index is 0.0192. The molecule has 0 spiro atoms. The van der Waals surface area contributed by atoms with Crippen molar-refractivity contribution in [3.05, 3.63) is 0 Å². The average molecular weight is 244 g/mol. The second-order valence-electron chi connectivity index (χ2n) is 4.86. The van der Waals surface area contributed by atoms with Gasteiger partial charge in [-0.3, -0.25) is 9.59 Å². The molecule has 0 heterocycles. The molecule has 17 heavy (non-hydrogen) atoms. The fourth-order valence-corrected chi connectivity index (χ4v) is 2.55. The largest absolute Gasteiger partial charge is 0.481 e. The van der Waals surface area contributed by atoms with Crippen LogP contribution in [0.5, 0.6) is 0 Å². The van der Waals surface area contributed by atoms with E-state index in [1.54, 1.807) is 0 Å². The highest BCUT2D eigenvalue weighted by atomic mass is 16.4. The molecule has 4 heteroatoms. The Labute approximate surface area is 103 Å². The molecule has 0 aromatic rings. The van der Waals surface area contributed by atoms with E-state index in [9.17, 15) is 14.7 Å². The van der Waals surface area contributed by atoms with Crippen LogP contribution in [0.3, 0.4) is 0 Å². The molecule has 0 rings (SSSR count). The molecule has 0 aliphatic rings. The van der Waals surface area contributed by atoms with Gasteiger partial charge in [-0.1, -0.05) is 40.5 Å². The lowest BCUT2D eigenvalue weighted by Crippen LogP contribution is -2.43. The highest BCUT2D eigenvalue weighted by molar-refractivity contribution is 5.76. The summed E-state index contributed by atoms with van der Waals surface area (Å²) >= 11 is 0. The topological polar surface area (TPSA) is 74.6 Å². The molecule has 2 unspecified atom stereocenters. The smallest absolute Gasteiger partial charge is 0.310 e. The maximum absolute atomic E-state index is 11.6. The SMILES string of the molecule is CCC(C)C(CCC(=O)O)(C(=O)O)C(C)CC. The van der Waals surface area contributed by atoms with E-state index in [0.717, 1.165) is 12.8 Å². The normalized spacial score (nSPS) is 18.1. The first kappa shape index (κ1) is 15.9. The van der Waals surface area contributed by atoms with Crippen LogP contribution >= 0.6 is 0 Å². The minimum atomic E-state index is -0.928. The van der Waals surface area contributed by atoms with E-state index in [-0.39, 0.29) is 24.7 Å². The molecule has 0 saturated carbocycles. The van der Waals surface area contributed by atoms with Crippen molar-refractivity contribution in [2.45, 2.75) is 53.4 Å². The summed E-state index contributed by atoms with van der Waals surface area (Å²) in [6.45, 7) is 7.71. The molecule has 4 nitrogen and oxygen atoms in total. The molecule has 0 fully saturated rings. The van der Waals surface area contributed by atoms with Crippen LogP contribution in [0, 0.1) is 17.3 Å². The lowest BCUT2D eigenvalue weighted by Gasteiger charge is -2.39. The van der Waals surface area contributed by atoms with Crippen molar-refractivity contribution < 1.29 is 19.8 Å². The van der Waals surface area contributed by atoms with Crippen LogP contribution in [0.15, 0.2) is 0 Å². The van der Waals surface area contributed by atoms with Crippen LogP contribution in [-0.2, 0) is 9.59 Å². The van der Waals surface area contributed by atoms with Gasteiger partial charge in [0.1, 0.15) is 0 Å². The van der Waals surface area contributed by atoms with E-state index in [1.807, 2.05) is 27.7 Å². The van der Waals surface area contributed by atoms with Gasteiger partial charge in [0.15, 0.2) is 0 Å². The molecule has 0 aliphatic heterocycles. The predicted octanol–water partition coefficient (Wildman–Crippen LogP) is 3.01. The van der Waals surface area contributed by atoms with Crippen molar-refractivity contribution in [3.8, 4) is 0 Å². The molecule has 0 saturated heterocycles. The van der Waals surface area contributed by atoms with E-state index < -0.39 is 17.4 Å². The number of carboxylic acids is 2. The van der Waals surface area contributed by atoms with E-state index in [1.165, 1.54) is 0 Å². The second-order valence-corrected chi connectivity index (χ2v) is 4.86. The summed E-state index contributed by atoms with van der Waals surface area (Å²) in [4.78, 5) is 22.3. The number of rotatable bonds is 8. The lowest BCUT2D eigenvalue weighted by atomic mass is 9.63. The number of carbonyl (C=O) groups is 2. The summed E-state index contributed by atoms with van der Waals surface area (Å²) in [5.41, 5.74) is -0.915. The molecule has 2 N–H and O–H groups in total. The molecule has 0 radical (unpaired) electrons. The first-order valence-electron chi connectivity index (χ1n) is 6.28. The predicted molar refractivity (Wildman–Crippen MR) is 65.8 cm³/mol.